The number of sulfonamides is 1. The number of carbonyl (C=O) groups excluding carboxylic acids is 1. The van der Waals surface area contributed by atoms with Gasteiger partial charge in [0.15, 0.2) is 0 Å². The van der Waals surface area contributed by atoms with Crippen LogP contribution in [0.4, 0.5) is 5.69 Å². The van der Waals surface area contributed by atoms with Crippen molar-refractivity contribution in [2.24, 2.45) is 5.92 Å². The van der Waals surface area contributed by atoms with Gasteiger partial charge < -0.3 is 5.32 Å². The van der Waals surface area contributed by atoms with Gasteiger partial charge in [-0.1, -0.05) is 24.3 Å². The number of carbonyl (C=O) groups is 1. The molecule has 30 heavy (non-hydrogen) atoms. The van der Waals surface area contributed by atoms with E-state index in [1.165, 1.54) is 17.5 Å². The Morgan fingerprint density at radius 3 is 2.27 bits per heavy atom. The smallest absolute Gasteiger partial charge is 0.243 e. The largest absolute Gasteiger partial charge is 0.325 e. The Morgan fingerprint density at radius 1 is 0.967 bits per heavy atom. The van der Waals surface area contributed by atoms with Gasteiger partial charge in [0.05, 0.1) is 4.90 Å². The van der Waals surface area contributed by atoms with Crippen LogP contribution in [0, 0.1) is 19.8 Å². The molecule has 1 amide bonds. The van der Waals surface area contributed by atoms with E-state index in [1.54, 1.807) is 10.4 Å². The maximum Gasteiger partial charge on any atom is 0.243 e. The van der Waals surface area contributed by atoms with Crippen LogP contribution in [0.1, 0.15) is 47.9 Å². The van der Waals surface area contributed by atoms with Crippen molar-refractivity contribution in [1.29, 1.82) is 0 Å². The number of para-hydroxylation sites is 1. The van der Waals surface area contributed by atoms with E-state index in [0.717, 1.165) is 36.1 Å². The highest BCUT2D eigenvalue weighted by molar-refractivity contribution is 7.89. The highest BCUT2D eigenvalue weighted by Gasteiger charge is 2.32. The summed E-state index contributed by atoms with van der Waals surface area (Å²) in [4.78, 5) is 13.2. The number of piperidine rings is 1. The fourth-order valence-corrected chi connectivity index (χ4v) is 6.14. The Kier molecular flexibility index (Phi) is 5.98. The lowest BCUT2D eigenvalue weighted by Gasteiger charge is -2.31. The molecule has 1 fully saturated rings. The Hall–Kier alpha value is -2.18. The molecule has 2 aromatic rings. The first-order valence-corrected chi connectivity index (χ1v) is 12.3. The fourth-order valence-electron chi connectivity index (χ4n) is 4.61. The number of anilines is 1. The molecule has 0 aromatic heterocycles. The third-order valence-corrected chi connectivity index (χ3v) is 8.41. The van der Waals surface area contributed by atoms with Gasteiger partial charge in [-0.05, 0) is 86.8 Å². The minimum absolute atomic E-state index is 0.0155. The second-order valence-corrected chi connectivity index (χ2v) is 10.5. The summed E-state index contributed by atoms with van der Waals surface area (Å²) in [5.41, 5.74) is 5.39. The molecule has 1 N–H and O–H groups in total. The number of nitrogens with zero attached hydrogens (tertiary/aromatic N) is 1. The third kappa shape index (κ3) is 4.16. The summed E-state index contributed by atoms with van der Waals surface area (Å²) in [5, 5.41) is 3.06. The summed E-state index contributed by atoms with van der Waals surface area (Å²) in [5.74, 6) is -0.183. The normalized spacial score (nSPS) is 18.1. The van der Waals surface area contributed by atoms with Crippen molar-refractivity contribution in [3.63, 3.8) is 0 Å². The summed E-state index contributed by atoms with van der Waals surface area (Å²) in [7, 11) is -3.52. The summed E-state index contributed by atoms with van der Waals surface area (Å²) in [6, 6.07) is 11.5. The minimum atomic E-state index is -3.52. The molecule has 1 saturated heterocycles. The van der Waals surface area contributed by atoms with E-state index in [-0.39, 0.29) is 11.8 Å². The van der Waals surface area contributed by atoms with E-state index in [2.05, 4.69) is 5.32 Å². The van der Waals surface area contributed by atoms with E-state index in [0.29, 0.717) is 30.8 Å². The summed E-state index contributed by atoms with van der Waals surface area (Å²) >= 11 is 0. The van der Waals surface area contributed by atoms with Gasteiger partial charge in [0.25, 0.3) is 0 Å². The molecule has 0 spiro atoms. The molecule has 0 unspecified atom stereocenters. The van der Waals surface area contributed by atoms with E-state index in [1.807, 2.05) is 44.2 Å². The summed E-state index contributed by atoms with van der Waals surface area (Å²) in [6.45, 7) is 4.72. The van der Waals surface area contributed by atoms with E-state index in [4.69, 9.17) is 0 Å². The van der Waals surface area contributed by atoms with Crippen LogP contribution in [0.3, 0.4) is 0 Å². The lowest BCUT2D eigenvalue weighted by molar-refractivity contribution is -0.120. The molecule has 1 heterocycles. The SMILES string of the molecule is Cc1cccc(C)c1NC(=O)C1CCN(S(=O)(=O)c2ccc3c(c2)CCCC3)CC1. The third-order valence-electron chi connectivity index (χ3n) is 6.51. The molecule has 2 aliphatic rings. The lowest BCUT2D eigenvalue weighted by atomic mass is 9.92. The zero-order valence-corrected chi connectivity index (χ0v) is 18.6. The molecular formula is C24H30N2O3S. The molecule has 0 saturated carbocycles. The second-order valence-electron chi connectivity index (χ2n) is 8.57. The highest BCUT2D eigenvalue weighted by Crippen LogP contribution is 2.29. The summed E-state index contributed by atoms with van der Waals surface area (Å²) < 4.78 is 27.9. The summed E-state index contributed by atoms with van der Waals surface area (Å²) in [6.07, 6.45) is 5.38. The van der Waals surface area contributed by atoms with Gasteiger partial charge >= 0.3 is 0 Å². The topological polar surface area (TPSA) is 66.5 Å². The van der Waals surface area contributed by atoms with Crippen LogP contribution in [-0.4, -0.2) is 31.7 Å². The Bertz CT molecular complexity index is 1030. The predicted molar refractivity (Wildman–Crippen MR) is 119 cm³/mol. The average Bonchev–Trinajstić information content (AvgIpc) is 2.76. The molecule has 4 rings (SSSR count). The zero-order chi connectivity index (χ0) is 21.3. The molecular weight excluding hydrogens is 396 g/mol. The van der Waals surface area contributed by atoms with Crippen molar-refractivity contribution < 1.29 is 13.2 Å². The molecule has 5 nitrogen and oxygen atoms in total. The molecule has 0 bridgehead atoms. The zero-order valence-electron chi connectivity index (χ0n) is 17.8. The van der Waals surface area contributed by atoms with Gasteiger partial charge in [0, 0.05) is 24.7 Å². The molecule has 6 heteroatoms. The van der Waals surface area contributed by atoms with Crippen LogP contribution < -0.4 is 5.32 Å². The number of hydrogen-bond donors (Lipinski definition) is 1. The standard InChI is InChI=1S/C24H30N2O3S/c1-17-6-5-7-18(2)23(17)25-24(27)20-12-14-26(15-13-20)30(28,29)22-11-10-19-8-3-4-9-21(19)16-22/h5-7,10-11,16,20H,3-4,8-9,12-15H2,1-2H3,(H,25,27). The number of fused-ring (bicyclic) bond motifs is 1. The number of aryl methyl sites for hydroxylation is 4. The number of nitrogens with one attached hydrogen (secondary N) is 1. The van der Waals surface area contributed by atoms with E-state index < -0.39 is 10.0 Å². The number of hydrogen-bond acceptors (Lipinski definition) is 3. The first kappa shape index (κ1) is 21.1. The second kappa shape index (κ2) is 8.52. The fraction of sp³-hybridized carbons (Fsp3) is 0.458. The number of benzene rings is 2. The molecule has 2 aromatic carbocycles. The average molecular weight is 427 g/mol. The highest BCUT2D eigenvalue weighted by atomic mass is 32.2. The van der Waals surface area contributed by atoms with Crippen LogP contribution >= 0.6 is 0 Å². The molecule has 160 valence electrons. The van der Waals surface area contributed by atoms with Crippen LogP contribution in [0.15, 0.2) is 41.3 Å². The Morgan fingerprint density at radius 2 is 1.60 bits per heavy atom. The predicted octanol–water partition coefficient (Wildman–Crippen LogP) is 4.22. The van der Waals surface area contributed by atoms with Crippen LogP contribution in [0.2, 0.25) is 0 Å². The van der Waals surface area contributed by atoms with E-state index >= 15 is 0 Å². The maximum atomic E-state index is 13.2. The Balaban J connectivity index is 1.42. The van der Waals surface area contributed by atoms with Crippen molar-refractivity contribution in [3.05, 3.63) is 58.7 Å². The maximum absolute atomic E-state index is 13.2. The number of rotatable bonds is 4. The van der Waals surface area contributed by atoms with Crippen LogP contribution in [0.5, 0.6) is 0 Å². The molecule has 1 aliphatic heterocycles. The van der Waals surface area contributed by atoms with Crippen LogP contribution in [0.25, 0.3) is 0 Å². The van der Waals surface area contributed by atoms with Crippen molar-refractivity contribution in [2.45, 2.75) is 57.3 Å². The molecule has 1 aliphatic carbocycles. The van der Waals surface area contributed by atoms with E-state index in [9.17, 15) is 13.2 Å². The van der Waals surface area contributed by atoms with Gasteiger partial charge in [0.1, 0.15) is 0 Å². The quantitative estimate of drug-likeness (QED) is 0.796. The first-order valence-electron chi connectivity index (χ1n) is 10.9. The van der Waals surface area contributed by atoms with Gasteiger partial charge in [0.2, 0.25) is 15.9 Å². The minimum Gasteiger partial charge on any atom is -0.325 e. The van der Waals surface area contributed by atoms with Gasteiger partial charge in [-0.3, -0.25) is 4.79 Å². The van der Waals surface area contributed by atoms with Crippen LogP contribution in [-0.2, 0) is 27.7 Å². The van der Waals surface area contributed by atoms with Gasteiger partial charge in [-0.15, -0.1) is 0 Å². The van der Waals surface area contributed by atoms with Gasteiger partial charge in [-0.25, -0.2) is 8.42 Å². The first-order chi connectivity index (χ1) is 14.4. The number of amides is 1. The van der Waals surface area contributed by atoms with Crippen molar-refractivity contribution in [3.8, 4) is 0 Å². The van der Waals surface area contributed by atoms with Crippen molar-refractivity contribution >= 4 is 21.6 Å². The molecule has 0 atom stereocenters. The Labute approximate surface area is 179 Å². The monoisotopic (exact) mass is 426 g/mol. The lowest BCUT2D eigenvalue weighted by Crippen LogP contribution is -2.41. The van der Waals surface area contributed by atoms with Crippen molar-refractivity contribution in [2.75, 3.05) is 18.4 Å². The molecule has 0 radical (unpaired) electrons. The van der Waals surface area contributed by atoms with Gasteiger partial charge in [-0.2, -0.15) is 4.31 Å². The van der Waals surface area contributed by atoms with Crippen molar-refractivity contribution in [1.82, 2.24) is 4.31 Å².